The molecule has 1 nitrogen and oxygen atoms in total. The molecule has 1 aromatic carbocycles. The molecule has 0 saturated heterocycles. The Hall–Kier alpha value is -0.603. The largest absolute Gasteiger partial charge is 0.408 e. The Morgan fingerprint density at radius 2 is 1.44 bits per heavy atom. The standard InChI is InChI=1S/C16H28OSi/c1-6-16(5,15-13-11-10-12-14-15)17-18(7-2,8-3)9-4/h10-14H,6-9H2,1-5H3. The minimum atomic E-state index is -1.56. The molecule has 1 aromatic rings. The first-order valence-corrected chi connectivity index (χ1v) is 9.84. The van der Waals surface area contributed by atoms with E-state index in [0.717, 1.165) is 6.42 Å². The molecule has 0 heterocycles. The summed E-state index contributed by atoms with van der Waals surface area (Å²) < 4.78 is 6.75. The van der Waals surface area contributed by atoms with E-state index in [0.29, 0.717) is 0 Å². The molecule has 1 unspecified atom stereocenters. The Balaban J connectivity index is 3.02. The van der Waals surface area contributed by atoms with E-state index in [1.165, 1.54) is 23.7 Å². The first-order chi connectivity index (χ1) is 8.55. The highest BCUT2D eigenvalue weighted by Crippen LogP contribution is 2.36. The van der Waals surface area contributed by atoms with Gasteiger partial charge in [0.05, 0.1) is 5.60 Å². The zero-order valence-corrected chi connectivity index (χ0v) is 13.6. The molecule has 0 saturated carbocycles. The van der Waals surface area contributed by atoms with Crippen LogP contribution in [-0.4, -0.2) is 8.32 Å². The van der Waals surface area contributed by atoms with Crippen LogP contribution < -0.4 is 0 Å². The maximum Gasteiger partial charge on any atom is 0.193 e. The van der Waals surface area contributed by atoms with Crippen LogP contribution in [0.4, 0.5) is 0 Å². The van der Waals surface area contributed by atoms with Gasteiger partial charge in [-0.25, -0.2) is 0 Å². The van der Waals surface area contributed by atoms with E-state index in [-0.39, 0.29) is 5.60 Å². The van der Waals surface area contributed by atoms with Crippen molar-refractivity contribution in [1.29, 1.82) is 0 Å². The van der Waals surface area contributed by atoms with E-state index >= 15 is 0 Å². The highest BCUT2D eigenvalue weighted by Gasteiger charge is 2.37. The summed E-state index contributed by atoms with van der Waals surface area (Å²) in [5, 5.41) is 0. The van der Waals surface area contributed by atoms with Crippen LogP contribution in [0, 0.1) is 0 Å². The molecule has 0 fully saturated rings. The topological polar surface area (TPSA) is 9.23 Å². The Morgan fingerprint density at radius 3 is 1.83 bits per heavy atom. The van der Waals surface area contributed by atoms with Crippen LogP contribution in [0.3, 0.4) is 0 Å². The number of hydrogen-bond donors (Lipinski definition) is 0. The fourth-order valence-electron chi connectivity index (χ4n) is 2.57. The maximum atomic E-state index is 6.75. The zero-order chi connectivity index (χ0) is 13.6. The molecule has 102 valence electrons. The van der Waals surface area contributed by atoms with Crippen LogP contribution >= 0.6 is 0 Å². The van der Waals surface area contributed by atoms with E-state index in [1.54, 1.807) is 0 Å². The quantitative estimate of drug-likeness (QED) is 0.604. The molecule has 1 rings (SSSR count). The van der Waals surface area contributed by atoms with E-state index < -0.39 is 8.32 Å². The number of hydrogen-bond acceptors (Lipinski definition) is 1. The van der Waals surface area contributed by atoms with Gasteiger partial charge in [0, 0.05) is 0 Å². The molecule has 0 spiro atoms. The van der Waals surface area contributed by atoms with Gasteiger partial charge >= 0.3 is 0 Å². The molecule has 18 heavy (non-hydrogen) atoms. The fourth-order valence-corrected chi connectivity index (χ4v) is 5.72. The summed E-state index contributed by atoms with van der Waals surface area (Å²) in [4.78, 5) is 0. The van der Waals surface area contributed by atoms with Gasteiger partial charge in [-0.1, -0.05) is 58.0 Å². The second-order valence-electron chi connectivity index (χ2n) is 5.30. The molecule has 0 aliphatic carbocycles. The van der Waals surface area contributed by atoms with E-state index in [1.807, 2.05) is 0 Å². The van der Waals surface area contributed by atoms with Crippen molar-refractivity contribution >= 4 is 8.32 Å². The van der Waals surface area contributed by atoms with Crippen molar-refractivity contribution in [2.75, 3.05) is 0 Å². The minimum Gasteiger partial charge on any atom is -0.408 e. The van der Waals surface area contributed by atoms with Crippen molar-refractivity contribution in [2.45, 2.75) is 64.8 Å². The third-order valence-corrected chi connectivity index (χ3v) is 9.18. The number of benzene rings is 1. The average molecular weight is 264 g/mol. The summed E-state index contributed by atoms with van der Waals surface area (Å²) in [5.74, 6) is 0. The summed E-state index contributed by atoms with van der Waals surface area (Å²) >= 11 is 0. The molecule has 0 bridgehead atoms. The van der Waals surface area contributed by atoms with Gasteiger partial charge < -0.3 is 4.43 Å². The Labute approximate surface area is 114 Å². The van der Waals surface area contributed by atoms with Gasteiger partial charge in [-0.3, -0.25) is 0 Å². The van der Waals surface area contributed by atoms with Crippen molar-refractivity contribution in [2.24, 2.45) is 0 Å². The van der Waals surface area contributed by atoms with Crippen molar-refractivity contribution in [3.8, 4) is 0 Å². The minimum absolute atomic E-state index is 0.116. The highest BCUT2D eigenvalue weighted by atomic mass is 28.4. The lowest BCUT2D eigenvalue weighted by Gasteiger charge is -2.40. The monoisotopic (exact) mass is 264 g/mol. The summed E-state index contributed by atoms with van der Waals surface area (Å²) in [6.45, 7) is 11.4. The van der Waals surface area contributed by atoms with Crippen LogP contribution in [0.5, 0.6) is 0 Å². The number of rotatable bonds is 7. The molecule has 0 aromatic heterocycles. The van der Waals surface area contributed by atoms with Crippen molar-refractivity contribution in [1.82, 2.24) is 0 Å². The van der Waals surface area contributed by atoms with Gasteiger partial charge in [0.1, 0.15) is 0 Å². The Morgan fingerprint density at radius 1 is 0.944 bits per heavy atom. The van der Waals surface area contributed by atoms with Gasteiger partial charge in [0.25, 0.3) is 0 Å². The smallest absolute Gasteiger partial charge is 0.193 e. The van der Waals surface area contributed by atoms with Crippen LogP contribution in [0.2, 0.25) is 18.1 Å². The Kier molecular flexibility index (Phi) is 5.61. The first kappa shape index (κ1) is 15.5. The molecular weight excluding hydrogens is 236 g/mol. The lowest BCUT2D eigenvalue weighted by molar-refractivity contribution is 0.0688. The maximum absolute atomic E-state index is 6.75. The highest BCUT2D eigenvalue weighted by molar-refractivity contribution is 6.73. The second kappa shape index (κ2) is 6.53. The van der Waals surface area contributed by atoms with Crippen molar-refractivity contribution in [3.63, 3.8) is 0 Å². The lowest BCUT2D eigenvalue weighted by Crippen LogP contribution is -2.44. The van der Waals surface area contributed by atoms with Crippen molar-refractivity contribution < 1.29 is 4.43 Å². The van der Waals surface area contributed by atoms with Gasteiger partial charge in [0.2, 0.25) is 0 Å². The van der Waals surface area contributed by atoms with Gasteiger partial charge in [0.15, 0.2) is 8.32 Å². The SMILES string of the molecule is CCC(C)(O[Si](CC)(CC)CC)c1ccccc1. The van der Waals surface area contributed by atoms with Crippen LogP contribution in [-0.2, 0) is 10.0 Å². The summed E-state index contributed by atoms with van der Waals surface area (Å²) in [5.41, 5.74) is 1.20. The summed E-state index contributed by atoms with van der Waals surface area (Å²) in [6.07, 6.45) is 1.03. The van der Waals surface area contributed by atoms with Crippen LogP contribution in [0.1, 0.15) is 46.6 Å². The normalized spacial score (nSPS) is 15.4. The lowest BCUT2D eigenvalue weighted by atomic mass is 9.94. The Bertz CT molecular complexity index is 337. The molecule has 2 heteroatoms. The molecule has 0 aliphatic heterocycles. The first-order valence-electron chi connectivity index (χ1n) is 7.31. The summed E-state index contributed by atoms with van der Waals surface area (Å²) in [7, 11) is -1.56. The molecule has 1 atom stereocenters. The molecule has 0 aliphatic rings. The summed E-state index contributed by atoms with van der Waals surface area (Å²) in [6, 6.07) is 14.3. The average Bonchev–Trinajstić information content (AvgIpc) is 2.46. The molecule has 0 N–H and O–H groups in total. The van der Waals surface area contributed by atoms with Gasteiger partial charge in [-0.05, 0) is 37.0 Å². The van der Waals surface area contributed by atoms with Crippen LogP contribution in [0.25, 0.3) is 0 Å². The molecular formula is C16H28OSi. The third kappa shape index (κ3) is 3.24. The van der Waals surface area contributed by atoms with Crippen LogP contribution in [0.15, 0.2) is 30.3 Å². The van der Waals surface area contributed by atoms with Gasteiger partial charge in [-0.15, -0.1) is 0 Å². The van der Waals surface area contributed by atoms with Crippen molar-refractivity contribution in [3.05, 3.63) is 35.9 Å². The predicted octanol–water partition coefficient (Wildman–Crippen LogP) is 5.33. The fraction of sp³-hybridized carbons (Fsp3) is 0.625. The van der Waals surface area contributed by atoms with Gasteiger partial charge in [-0.2, -0.15) is 0 Å². The predicted molar refractivity (Wildman–Crippen MR) is 82.4 cm³/mol. The molecule has 0 radical (unpaired) electrons. The van der Waals surface area contributed by atoms with E-state index in [9.17, 15) is 0 Å². The van der Waals surface area contributed by atoms with E-state index in [2.05, 4.69) is 65.0 Å². The zero-order valence-electron chi connectivity index (χ0n) is 12.6. The van der Waals surface area contributed by atoms with E-state index in [4.69, 9.17) is 4.43 Å². The second-order valence-corrected chi connectivity index (χ2v) is 9.99. The molecule has 0 amide bonds. The third-order valence-electron chi connectivity index (χ3n) is 4.43.